The molecule has 3 aliphatic rings. The minimum absolute atomic E-state index is 0.0937. The maximum atomic E-state index is 12.1. The first-order valence-corrected chi connectivity index (χ1v) is 8.82. The summed E-state index contributed by atoms with van der Waals surface area (Å²) in [6.07, 6.45) is 5.97. The minimum atomic E-state index is 0.0937. The molecule has 0 saturated carbocycles. The van der Waals surface area contributed by atoms with Crippen molar-refractivity contribution in [2.24, 2.45) is 5.92 Å². The molecule has 0 N–H and O–H groups in total. The van der Waals surface area contributed by atoms with Gasteiger partial charge in [-0.3, -0.25) is 4.79 Å². The molecular formula is C17H26N4O. The summed E-state index contributed by atoms with van der Waals surface area (Å²) in [5.41, 5.74) is 2.43. The number of aryl methyl sites for hydroxylation is 2. The number of aromatic nitrogens is 2. The topological polar surface area (TPSA) is 41.4 Å². The molecule has 1 aromatic rings. The van der Waals surface area contributed by atoms with E-state index in [0.29, 0.717) is 5.92 Å². The van der Waals surface area contributed by atoms with E-state index < -0.39 is 0 Å². The predicted octanol–water partition coefficient (Wildman–Crippen LogP) is 0.760. The van der Waals surface area contributed by atoms with Gasteiger partial charge in [0.15, 0.2) is 0 Å². The monoisotopic (exact) mass is 302 g/mol. The second-order valence-electron chi connectivity index (χ2n) is 7.16. The van der Waals surface area contributed by atoms with Gasteiger partial charge < -0.3 is 9.80 Å². The summed E-state index contributed by atoms with van der Waals surface area (Å²) in [6.45, 7) is 8.01. The Balaban J connectivity index is 1.26. The number of fused-ring (bicyclic) bond motifs is 1. The maximum absolute atomic E-state index is 12.1. The van der Waals surface area contributed by atoms with Gasteiger partial charge in [0.1, 0.15) is 0 Å². The van der Waals surface area contributed by atoms with Crippen LogP contribution in [-0.4, -0.2) is 58.8 Å². The Labute approximate surface area is 131 Å². The van der Waals surface area contributed by atoms with E-state index in [4.69, 9.17) is 0 Å². The Morgan fingerprint density at radius 3 is 2.64 bits per heavy atom. The number of nitrogens with zero attached hydrogens (tertiary/aromatic N) is 4. The van der Waals surface area contributed by atoms with Crippen LogP contribution in [0.15, 0.2) is 10.9 Å². The van der Waals surface area contributed by atoms with Gasteiger partial charge in [-0.05, 0) is 50.8 Å². The molecule has 4 rings (SSSR count). The molecule has 5 nitrogen and oxygen atoms in total. The molecule has 2 saturated heterocycles. The van der Waals surface area contributed by atoms with Crippen molar-refractivity contribution in [2.75, 3.05) is 39.3 Å². The standard InChI is InChI=1S/C17H26N4O/c22-17-10-15-4-3-5-16(15)18-21(17)13-14-11-20(12-14)9-8-19-6-1-2-7-19/h10,14H,1-9,11-13H2. The number of rotatable bonds is 5. The van der Waals surface area contributed by atoms with Crippen LogP contribution >= 0.6 is 0 Å². The molecule has 0 radical (unpaired) electrons. The Hall–Kier alpha value is -1.20. The van der Waals surface area contributed by atoms with Gasteiger partial charge in [0.05, 0.1) is 12.2 Å². The smallest absolute Gasteiger partial charge is 0.267 e. The van der Waals surface area contributed by atoms with Gasteiger partial charge in [0.2, 0.25) is 0 Å². The fraction of sp³-hybridized carbons (Fsp3) is 0.765. The quantitative estimate of drug-likeness (QED) is 0.805. The molecule has 0 bridgehead atoms. The van der Waals surface area contributed by atoms with Crippen molar-refractivity contribution in [3.8, 4) is 0 Å². The molecular weight excluding hydrogens is 276 g/mol. The maximum Gasteiger partial charge on any atom is 0.267 e. The average Bonchev–Trinajstić information content (AvgIpc) is 3.11. The van der Waals surface area contributed by atoms with Crippen LogP contribution in [0.25, 0.3) is 0 Å². The molecule has 0 aromatic carbocycles. The predicted molar refractivity (Wildman–Crippen MR) is 86.1 cm³/mol. The van der Waals surface area contributed by atoms with Crippen LogP contribution < -0.4 is 5.56 Å². The molecule has 5 heteroatoms. The van der Waals surface area contributed by atoms with Crippen molar-refractivity contribution in [1.82, 2.24) is 19.6 Å². The minimum Gasteiger partial charge on any atom is -0.302 e. The summed E-state index contributed by atoms with van der Waals surface area (Å²) in [7, 11) is 0. The van der Waals surface area contributed by atoms with Crippen LogP contribution in [0.4, 0.5) is 0 Å². The van der Waals surface area contributed by atoms with Crippen LogP contribution in [0, 0.1) is 5.92 Å². The third kappa shape index (κ3) is 2.97. The highest BCUT2D eigenvalue weighted by Gasteiger charge is 2.28. The lowest BCUT2D eigenvalue weighted by molar-refractivity contribution is 0.0744. The largest absolute Gasteiger partial charge is 0.302 e. The molecule has 0 unspecified atom stereocenters. The third-order valence-electron chi connectivity index (χ3n) is 5.42. The van der Waals surface area contributed by atoms with Gasteiger partial charge in [-0.15, -0.1) is 0 Å². The number of likely N-dealkylation sites (tertiary alicyclic amines) is 2. The van der Waals surface area contributed by atoms with Crippen molar-refractivity contribution in [3.05, 3.63) is 27.7 Å². The number of hydrogen-bond acceptors (Lipinski definition) is 4. The molecule has 0 amide bonds. The van der Waals surface area contributed by atoms with Gasteiger partial charge in [0.25, 0.3) is 5.56 Å². The first-order valence-electron chi connectivity index (χ1n) is 8.82. The lowest BCUT2D eigenvalue weighted by atomic mass is 10.0. The van der Waals surface area contributed by atoms with Crippen molar-refractivity contribution in [2.45, 2.75) is 38.6 Å². The molecule has 3 heterocycles. The van der Waals surface area contributed by atoms with Crippen LogP contribution in [0.3, 0.4) is 0 Å². The second-order valence-corrected chi connectivity index (χ2v) is 7.16. The van der Waals surface area contributed by atoms with E-state index in [-0.39, 0.29) is 5.56 Å². The Morgan fingerprint density at radius 2 is 1.82 bits per heavy atom. The summed E-state index contributed by atoms with van der Waals surface area (Å²) in [4.78, 5) is 17.2. The van der Waals surface area contributed by atoms with E-state index in [0.717, 1.165) is 44.6 Å². The fourth-order valence-electron chi connectivity index (χ4n) is 4.08. The zero-order valence-electron chi connectivity index (χ0n) is 13.3. The van der Waals surface area contributed by atoms with Crippen molar-refractivity contribution in [1.29, 1.82) is 0 Å². The molecule has 120 valence electrons. The highest BCUT2D eigenvalue weighted by Crippen LogP contribution is 2.19. The van der Waals surface area contributed by atoms with Gasteiger partial charge in [-0.1, -0.05) is 0 Å². The lowest BCUT2D eigenvalue weighted by Crippen LogP contribution is -2.51. The fourth-order valence-corrected chi connectivity index (χ4v) is 4.08. The number of hydrogen-bond donors (Lipinski definition) is 0. The van der Waals surface area contributed by atoms with E-state index in [1.54, 1.807) is 4.68 Å². The van der Waals surface area contributed by atoms with E-state index in [1.165, 1.54) is 44.6 Å². The lowest BCUT2D eigenvalue weighted by Gasteiger charge is -2.40. The Kier molecular flexibility index (Phi) is 4.01. The summed E-state index contributed by atoms with van der Waals surface area (Å²) in [6, 6.07) is 1.82. The molecule has 22 heavy (non-hydrogen) atoms. The van der Waals surface area contributed by atoms with Gasteiger partial charge >= 0.3 is 0 Å². The Bertz CT molecular complexity index is 585. The van der Waals surface area contributed by atoms with E-state index in [2.05, 4.69) is 14.9 Å². The summed E-state index contributed by atoms with van der Waals surface area (Å²) >= 11 is 0. The van der Waals surface area contributed by atoms with E-state index in [9.17, 15) is 4.79 Å². The highest BCUT2D eigenvalue weighted by molar-refractivity contribution is 5.22. The first-order chi connectivity index (χ1) is 10.8. The Morgan fingerprint density at radius 1 is 1.05 bits per heavy atom. The van der Waals surface area contributed by atoms with E-state index in [1.807, 2.05) is 6.07 Å². The normalized spacial score (nSPS) is 22.9. The van der Waals surface area contributed by atoms with Crippen molar-refractivity contribution < 1.29 is 0 Å². The average molecular weight is 302 g/mol. The first kappa shape index (κ1) is 14.4. The van der Waals surface area contributed by atoms with Gasteiger partial charge in [-0.2, -0.15) is 5.10 Å². The van der Waals surface area contributed by atoms with Crippen molar-refractivity contribution in [3.63, 3.8) is 0 Å². The van der Waals surface area contributed by atoms with Crippen LogP contribution in [0.1, 0.15) is 30.5 Å². The van der Waals surface area contributed by atoms with Crippen LogP contribution in [0.5, 0.6) is 0 Å². The zero-order valence-corrected chi connectivity index (χ0v) is 13.3. The summed E-state index contributed by atoms with van der Waals surface area (Å²) in [5, 5.41) is 4.59. The second kappa shape index (κ2) is 6.13. The van der Waals surface area contributed by atoms with Gasteiger partial charge in [0, 0.05) is 38.2 Å². The van der Waals surface area contributed by atoms with Crippen LogP contribution in [-0.2, 0) is 19.4 Å². The summed E-state index contributed by atoms with van der Waals surface area (Å²) < 4.78 is 1.71. The molecule has 0 atom stereocenters. The SMILES string of the molecule is O=c1cc2c(nn1CC1CN(CCN3CCCC3)C1)CCC2. The van der Waals surface area contributed by atoms with Crippen LogP contribution in [0.2, 0.25) is 0 Å². The molecule has 0 spiro atoms. The molecule has 2 aliphatic heterocycles. The molecule has 2 fully saturated rings. The summed E-state index contributed by atoms with van der Waals surface area (Å²) in [5.74, 6) is 0.600. The van der Waals surface area contributed by atoms with E-state index >= 15 is 0 Å². The zero-order chi connectivity index (χ0) is 14.9. The highest BCUT2D eigenvalue weighted by atomic mass is 16.1. The molecule has 1 aromatic heterocycles. The van der Waals surface area contributed by atoms with Crippen molar-refractivity contribution >= 4 is 0 Å². The van der Waals surface area contributed by atoms with Gasteiger partial charge in [-0.25, -0.2) is 4.68 Å². The molecule has 1 aliphatic carbocycles. The third-order valence-corrected chi connectivity index (χ3v) is 5.42.